The number of unbranched alkanes of at least 4 members (excludes halogenated alkanes) is 1. The third-order valence-corrected chi connectivity index (χ3v) is 3.34. The van der Waals surface area contributed by atoms with E-state index in [4.69, 9.17) is 5.11 Å². The number of aliphatic hydroxyl groups excluding tert-OH is 1. The highest BCUT2D eigenvalue weighted by Gasteiger charge is 2.11. The molecule has 1 aromatic carbocycles. The molecule has 3 nitrogen and oxygen atoms in total. The highest BCUT2D eigenvalue weighted by atomic mass is 16.3. The fraction of sp³-hybridized carbons (Fsp3) is 0.562. The summed E-state index contributed by atoms with van der Waals surface area (Å²) in [7, 11) is 0. The van der Waals surface area contributed by atoms with Gasteiger partial charge in [0.2, 0.25) is 0 Å². The zero-order chi connectivity index (χ0) is 14.1. The molecule has 1 aromatic rings. The molecule has 2 N–H and O–H groups in total. The lowest BCUT2D eigenvalue weighted by Crippen LogP contribution is -2.35. The first-order valence-corrected chi connectivity index (χ1v) is 7.21. The minimum Gasteiger partial charge on any atom is -0.396 e. The van der Waals surface area contributed by atoms with Gasteiger partial charge in [-0.15, -0.1) is 0 Å². The Labute approximate surface area is 116 Å². The number of nitrogens with one attached hydrogen (secondary N) is 1. The summed E-state index contributed by atoms with van der Waals surface area (Å²) in [5.74, 6) is -0.0534. The fourth-order valence-corrected chi connectivity index (χ4v) is 2.01. The van der Waals surface area contributed by atoms with Crippen LogP contribution in [0.2, 0.25) is 0 Å². The van der Waals surface area contributed by atoms with Crippen LogP contribution in [0.15, 0.2) is 24.3 Å². The van der Waals surface area contributed by atoms with E-state index in [-0.39, 0.29) is 18.6 Å². The Morgan fingerprint density at radius 2 is 1.95 bits per heavy atom. The van der Waals surface area contributed by atoms with Gasteiger partial charge in [0.25, 0.3) is 5.91 Å². The number of hydrogen-bond acceptors (Lipinski definition) is 2. The summed E-state index contributed by atoms with van der Waals surface area (Å²) in [5.41, 5.74) is 1.97. The van der Waals surface area contributed by atoms with E-state index in [0.717, 1.165) is 12.8 Å². The van der Waals surface area contributed by atoms with Crippen molar-refractivity contribution in [1.29, 1.82) is 0 Å². The van der Waals surface area contributed by atoms with Crippen molar-refractivity contribution in [3.63, 3.8) is 0 Å². The van der Waals surface area contributed by atoms with Crippen molar-refractivity contribution in [1.82, 2.24) is 5.32 Å². The van der Waals surface area contributed by atoms with E-state index < -0.39 is 0 Å². The van der Waals surface area contributed by atoms with Crippen LogP contribution in [0.1, 0.15) is 55.5 Å². The molecular weight excluding hydrogens is 238 g/mol. The van der Waals surface area contributed by atoms with E-state index in [2.05, 4.69) is 12.2 Å². The van der Waals surface area contributed by atoms with E-state index in [1.54, 1.807) is 0 Å². The monoisotopic (exact) mass is 263 g/mol. The van der Waals surface area contributed by atoms with Crippen molar-refractivity contribution in [2.24, 2.45) is 0 Å². The molecule has 1 unspecified atom stereocenters. The van der Waals surface area contributed by atoms with Crippen molar-refractivity contribution in [2.45, 2.75) is 52.0 Å². The lowest BCUT2D eigenvalue weighted by Gasteiger charge is -2.15. The number of carbonyl (C=O) groups is 1. The first-order chi connectivity index (χ1) is 9.21. The van der Waals surface area contributed by atoms with E-state index >= 15 is 0 Å². The molecule has 0 spiro atoms. The Balaban J connectivity index is 2.56. The predicted octanol–water partition coefficient (Wildman–Crippen LogP) is 2.92. The third kappa shape index (κ3) is 5.43. The molecule has 0 bridgehead atoms. The molecular formula is C16H25NO2. The minimum absolute atomic E-state index is 0.0530. The number of carbonyl (C=O) groups excluding carboxylic acids is 1. The SMILES string of the molecule is CCCCc1ccc(C(=O)NC(CC)CCO)cc1. The molecule has 1 rings (SSSR count). The second kappa shape index (κ2) is 8.70. The van der Waals surface area contributed by atoms with Crippen molar-refractivity contribution < 1.29 is 9.90 Å². The molecule has 19 heavy (non-hydrogen) atoms. The van der Waals surface area contributed by atoms with Crippen LogP contribution in [-0.2, 0) is 6.42 Å². The number of aliphatic hydroxyl groups is 1. The summed E-state index contributed by atoms with van der Waals surface area (Å²) in [5, 5.41) is 11.9. The van der Waals surface area contributed by atoms with Crippen LogP contribution in [0.25, 0.3) is 0 Å². The van der Waals surface area contributed by atoms with Gasteiger partial charge < -0.3 is 10.4 Å². The highest BCUT2D eigenvalue weighted by Crippen LogP contribution is 2.09. The van der Waals surface area contributed by atoms with Gasteiger partial charge >= 0.3 is 0 Å². The average molecular weight is 263 g/mol. The largest absolute Gasteiger partial charge is 0.396 e. The molecule has 0 aliphatic rings. The Morgan fingerprint density at radius 3 is 2.47 bits per heavy atom. The molecule has 0 fully saturated rings. The van der Waals surface area contributed by atoms with Crippen LogP contribution in [-0.4, -0.2) is 23.7 Å². The summed E-state index contributed by atoms with van der Waals surface area (Å²) < 4.78 is 0. The van der Waals surface area contributed by atoms with Gasteiger partial charge in [-0.2, -0.15) is 0 Å². The topological polar surface area (TPSA) is 49.3 Å². The van der Waals surface area contributed by atoms with Crippen molar-refractivity contribution in [2.75, 3.05) is 6.61 Å². The second-order valence-electron chi connectivity index (χ2n) is 4.89. The van der Waals surface area contributed by atoms with Gasteiger partial charge in [0.05, 0.1) is 0 Å². The maximum atomic E-state index is 12.0. The summed E-state index contributed by atoms with van der Waals surface area (Å²) in [6.45, 7) is 4.29. The molecule has 0 heterocycles. The van der Waals surface area contributed by atoms with E-state index in [0.29, 0.717) is 12.0 Å². The summed E-state index contributed by atoms with van der Waals surface area (Å²) in [6.07, 6.45) is 4.87. The van der Waals surface area contributed by atoms with Crippen LogP contribution >= 0.6 is 0 Å². The second-order valence-corrected chi connectivity index (χ2v) is 4.89. The Morgan fingerprint density at radius 1 is 1.26 bits per heavy atom. The standard InChI is InChI=1S/C16H25NO2/c1-3-5-6-13-7-9-14(10-8-13)16(19)17-15(4-2)11-12-18/h7-10,15,18H,3-6,11-12H2,1-2H3,(H,17,19). The Bertz CT molecular complexity index is 373. The van der Waals surface area contributed by atoms with Crippen LogP contribution < -0.4 is 5.32 Å². The van der Waals surface area contributed by atoms with E-state index in [1.807, 2.05) is 31.2 Å². The van der Waals surface area contributed by atoms with Crippen molar-refractivity contribution in [3.8, 4) is 0 Å². The molecule has 0 radical (unpaired) electrons. The third-order valence-electron chi connectivity index (χ3n) is 3.34. The normalized spacial score (nSPS) is 12.2. The van der Waals surface area contributed by atoms with E-state index in [9.17, 15) is 4.79 Å². The van der Waals surface area contributed by atoms with Gasteiger partial charge in [-0.3, -0.25) is 4.79 Å². The zero-order valence-corrected chi connectivity index (χ0v) is 12.0. The average Bonchev–Trinajstić information content (AvgIpc) is 2.45. The minimum atomic E-state index is -0.0534. The molecule has 0 saturated carbocycles. The van der Waals surface area contributed by atoms with Gasteiger partial charge in [0.15, 0.2) is 0 Å². The lowest BCUT2D eigenvalue weighted by molar-refractivity contribution is 0.0929. The van der Waals surface area contributed by atoms with Crippen LogP contribution in [0.5, 0.6) is 0 Å². The van der Waals surface area contributed by atoms with Gasteiger partial charge in [-0.25, -0.2) is 0 Å². The summed E-state index contributed by atoms with van der Waals surface area (Å²) in [4.78, 5) is 12.0. The van der Waals surface area contributed by atoms with Gasteiger partial charge in [0.1, 0.15) is 0 Å². The maximum absolute atomic E-state index is 12.0. The highest BCUT2D eigenvalue weighted by molar-refractivity contribution is 5.94. The van der Waals surface area contributed by atoms with Gasteiger partial charge in [0, 0.05) is 18.2 Å². The number of benzene rings is 1. The number of amides is 1. The maximum Gasteiger partial charge on any atom is 0.251 e. The lowest BCUT2D eigenvalue weighted by atomic mass is 10.1. The number of hydrogen-bond donors (Lipinski definition) is 2. The molecule has 0 aliphatic heterocycles. The smallest absolute Gasteiger partial charge is 0.251 e. The van der Waals surface area contributed by atoms with Crippen LogP contribution in [0.4, 0.5) is 0 Å². The van der Waals surface area contributed by atoms with Crippen LogP contribution in [0, 0.1) is 0 Å². The van der Waals surface area contributed by atoms with Crippen LogP contribution in [0.3, 0.4) is 0 Å². The molecule has 1 amide bonds. The first kappa shape index (κ1) is 15.7. The number of aryl methyl sites for hydroxylation is 1. The summed E-state index contributed by atoms with van der Waals surface area (Å²) >= 11 is 0. The van der Waals surface area contributed by atoms with Crippen molar-refractivity contribution >= 4 is 5.91 Å². The zero-order valence-electron chi connectivity index (χ0n) is 12.0. The molecule has 0 aromatic heterocycles. The molecule has 0 aliphatic carbocycles. The first-order valence-electron chi connectivity index (χ1n) is 7.21. The van der Waals surface area contributed by atoms with Gasteiger partial charge in [-0.1, -0.05) is 32.4 Å². The van der Waals surface area contributed by atoms with E-state index in [1.165, 1.54) is 18.4 Å². The van der Waals surface area contributed by atoms with Crippen molar-refractivity contribution in [3.05, 3.63) is 35.4 Å². The Hall–Kier alpha value is -1.35. The molecule has 0 saturated heterocycles. The quantitative estimate of drug-likeness (QED) is 0.757. The molecule has 106 valence electrons. The predicted molar refractivity (Wildman–Crippen MR) is 78.3 cm³/mol. The molecule has 1 atom stereocenters. The fourth-order valence-electron chi connectivity index (χ4n) is 2.01. The summed E-state index contributed by atoms with van der Waals surface area (Å²) in [6, 6.07) is 7.87. The van der Waals surface area contributed by atoms with Gasteiger partial charge in [-0.05, 0) is 43.4 Å². The number of rotatable bonds is 8. The molecule has 3 heteroatoms. The Kier molecular flexibility index (Phi) is 7.19.